The molecule has 0 radical (unpaired) electrons. The third-order valence-electron chi connectivity index (χ3n) is 3.97. The summed E-state index contributed by atoms with van der Waals surface area (Å²) in [6, 6.07) is 10.2. The van der Waals surface area contributed by atoms with E-state index in [0.29, 0.717) is 5.75 Å². The van der Waals surface area contributed by atoms with Crippen molar-refractivity contribution in [3.63, 3.8) is 0 Å². The smallest absolute Gasteiger partial charge is 0.233 e. The largest absolute Gasteiger partial charge is 0.356 e. The topological polar surface area (TPSA) is 58.1 Å². The second-order valence-corrected chi connectivity index (χ2v) is 8.00. The van der Waals surface area contributed by atoms with Gasteiger partial charge in [0.25, 0.3) is 0 Å². The zero-order valence-electron chi connectivity index (χ0n) is 13.6. The van der Waals surface area contributed by atoms with Crippen LogP contribution in [0.3, 0.4) is 0 Å². The van der Waals surface area contributed by atoms with Crippen LogP contribution in [0.4, 0.5) is 5.13 Å². The molecule has 2 aromatic rings. The monoisotopic (exact) mass is 362 g/mol. The highest BCUT2D eigenvalue weighted by molar-refractivity contribution is 8.01. The Labute approximate surface area is 150 Å². The summed E-state index contributed by atoms with van der Waals surface area (Å²) in [6.45, 7) is 2.53. The Bertz CT molecular complexity index is 639. The van der Waals surface area contributed by atoms with E-state index in [4.69, 9.17) is 0 Å². The number of benzene rings is 1. The summed E-state index contributed by atoms with van der Waals surface area (Å²) in [5.41, 5.74) is 1.21. The Balaban J connectivity index is 1.44. The second-order valence-electron chi connectivity index (χ2n) is 5.80. The van der Waals surface area contributed by atoms with Gasteiger partial charge in [0, 0.05) is 19.6 Å². The highest BCUT2D eigenvalue weighted by Gasteiger charge is 2.16. The normalized spacial score (nSPS) is 15.1. The van der Waals surface area contributed by atoms with Crippen molar-refractivity contribution in [3.8, 4) is 0 Å². The van der Waals surface area contributed by atoms with E-state index >= 15 is 0 Å². The molecule has 0 atom stereocenters. The van der Waals surface area contributed by atoms with Crippen LogP contribution in [0, 0.1) is 0 Å². The van der Waals surface area contributed by atoms with Gasteiger partial charge in [-0.25, -0.2) is 0 Å². The molecule has 1 aromatic carbocycles. The molecule has 1 amide bonds. The number of aromatic nitrogens is 2. The predicted octanol–water partition coefficient (Wildman–Crippen LogP) is 3.64. The average Bonchev–Trinajstić information content (AvgIpc) is 2.89. The first-order valence-corrected chi connectivity index (χ1v) is 10.1. The molecule has 3 rings (SSSR count). The van der Waals surface area contributed by atoms with Crippen molar-refractivity contribution in [2.24, 2.45) is 0 Å². The first-order chi connectivity index (χ1) is 11.8. The van der Waals surface area contributed by atoms with E-state index in [1.807, 2.05) is 23.1 Å². The van der Waals surface area contributed by atoms with Crippen LogP contribution in [0.2, 0.25) is 0 Å². The van der Waals surface area contributed by atoms with E-state index < -0.39 is 0 Å². The van der Waals surface area contributed by atoms with E-state index in [1.54, 1.807) is 0 Å². The molecule has 0 aliphatic carbocycles. The van der Waals surface area contributed by atoms with Crippen molar-refractivity contribution in [2.75, 3.05) is 24.2 Å². The summed E-state index contributed by atoms with van der Waals surface area (Å²) in [6.07, 6.45) is 4.74. The van der Waals surface area contributed by atoms with Crippen molar-refractivity contribution in [2.45, 2.75) is 36.6 Å². The number of nitrogens with zero attached hydrogens (tertiary/aromatic N) is 3. The number of hydrogen-bond acceptors (Lipinski definition) is 6. The Kier molecular flexibility index (Phi) is 6.48. The van der Waals surface area contributed by atoms with Crippen LogP contribution in [-0.2, 0) is 11.3 Å². The van der Waals surface area contributed by atoms with Crippen molar-refractivity contribution < 1.29 is 4.79 Å². The molecule has 5 nitrogen and oxygen atoms in total. The Morgan fingerprint density at radius 3 is 2.62 bits per heavy atom. The molecule has 128 valence electrons. The van der Waals surface area contributed by atoms with Crippen molar-refractivity contribution >= 4 is 34.1 Å². The van der Waals surface area contributed by atoms with Crippen LogP contribution in [-0.4, -0.2) is 39.8 Å². The summed E-state index contributed by atoms with van der Waals surface area (Å²) >= 11 is 2.99. The fourth-order valence-corrected chi connectivity index (χ4v) is 4.30. The third-order valence-corrected chi connectivity index (χ3v) is 5.97. The van der Waals surface area contributed by atoms with Crippen molar-refractivity contribution in [1.82, 2.24) is 15.1 Å². The summed E-state index contributed by atoms with van der Waals surface area (Å²) < 4.78 is 0.841. The fourth-order valence-electron chi connectivity index (χ4n) is 2.65. The molecule has 0 spiro atoms. The number of nitrogens with one attached hydrogen (secondary N) is 1. The van der Waals surface area contributed by atoms with Crippen molar-refractivity contribution in [3.05, 3.63) is 35.9 Å². The van der Waals surface area contributed by atoms with E-state index in [1.165, 1.54) is 41.5 Å². The molecule has 1 aromatic heterocycles. The van der Waals surface area contributed by atoms with Crippen LogP contribution in [0.1, 0.15) is 31.2 Å². The molecular formula is C17H22N4OS2. The van der Waals surface area contributed by atoms with Gasteiger partial charge >= 0.3 is 0 Å². The first-order valence-electron chi connectivity index (χ1n) is 8.33. The van der Waals surface area contributed by atoms with Gasteiger partial charge in [-0.1, -0.05) is 66.3 Å². The SMILES string of the molecule is O=C(CSc1nnc(NCc2ccccc2)s1)N1CCCCCC1. The van der Waals surface area contributed by atoms with Crippen LogP contribution >= 0.6 is 23.1 Å². The average molecular weight is 363 g/mol. The standard InChI is InChI=1S/C17H22N4OS2/c22-15(21-10-6-1-2-7-11-21)13-23-17-20-19-16(24-17)18-12-14-8-4-3-5-9-14/h3-5,8-9H,1-2,6-7,10-13H2,(H,18,19). The second kappa shape index (κ2) is 9.03. The van der Waals surface area contributed by atoms with Crippen LogP contribution in [0.25, 0.3) is 0 Å². The third kappa shape index (κ3) is 5.21. The molecule has 1 saturated heterocycles. The van der Waals surface area contributed by atoms with Gasteiger partial charge in [0.2, 0.25) is 11.0 Å². The lowest BCUT2D eigenvalue weighted by Gasteiger charge is -2.19. The van der Waals surface area contributed by atoms with E-state index in [0.717, 1.165) is 41.9 Å². The lowest BCUT2D eigenvalue weighted by Crippen LogP contribution is -2.33. The minimum atomic E-state index is 0.218. The Hall–Kier alpha value is -1.60. The lowest BCUT2D eigenvalue weighted by atomic mass is 10.2. The van der Waals surface area contributed by atoms with Gasteiger partial charge in [-0.15, -0.1) is 10.2 Å². The Morgan fingerprint density at radius 1 is 1.12 bits per heavy atom. The lowest BCUT2D eigenvalue weighted by molar-refractivity contribution is -0.128. The van der Waals surface area contributed by atoms with E-state index in [9.17, 15) is 4.79 Å². The maximum atomic E-state index is 12.3. The van der Waals surface area contributed by atoms with Gasteiger partial charge in [-0.2, -0.15) is 0 Å². The molecule has 7 heteroatoms. The maximum Gasteiger partial charge on any atom is 0.233 e. The van der Waals surface area contributed by atoms with Gasteiger partial charge < -0.3 is 10.2 Å². The van der Waals surface area contributed by atoms with Crippen LogP contribution in [0.15, 0.2) is 34.7 Å². The maximum absolute atomic E-state index is 12.3. The zero-order valence-corrected chi connectivity index (χ0v) is 15.2. The first kappa shape index (κ1) is 17.2. The molecule has 1 fully saturated rings. The number of thioether (sulfide) groups is 1. The summed E-state index contributed by atoms with van der Waals surface area (Å²) in [7, 11) is 0. The van der Waals surface area contributed by atoms with Crippen molar-refractivity contribution in [1.29, 1.82) is 0 Å². The zero-order chi connectivity index (χ0) is 16.6. The predicted molar refractivity (Wildman–Crippen MR) is 99.4 cm³/mol. The number of amides is 1. The highest BCUT2D eigenvalue weighted by atomic mass is 32.2. The quantitative estimate of drug-likeness (QED) is 0.795. The van der Waals surface area contributed by atoms with Gasteiger partial charge in [-0.05, 0) is 18.4 Å². The summed E-state index contributed by atoms with van der Waals surface area (Å²) in [5, 5.41) is 12.4. The number of rotatable bonds is 6. The van der Waals surface area contributed by atoms with Crippen LogP contribution in [0.5, 0.6) is 0 Å². The molecule has 0 unspecified atom stereocenters. The molecule has 2 heterocycles. The number of hydrogen-bond donors (Lipinski definition) is 1. The molecular weight excluding hydrogens is 340 g/mol. The number of likely N-dealkylation sites (tertiary alicyclic amines) is 1. The summed E-state index contributed by atoms with van der Waals surface area (Å²) in [5.74, 6) is 0.670. The molecule has 1 aliphatic rings. The molecule has 1 aliphatic heterocycles. The van der Waals surface area contributed by atoms with Gasteiger partial charge in [-0.3, -0.25) is 4.79 Å². The van der Waals surface area contributed by atoms with E-state index in [-0.39, 0.29) is 5.91 Å². The number of anilines is 1. The molecule has 1 N–H and O–H groups in total. The molecule has 0 bridgehead atoms. The summed E-state index contributed by atoms with van der Waals surface area (Å²) in [4.78, 5) is 14.3. The minimum Gasteiger partial charge on any atom is -0.356 e. The van der Waals surface area contributed by atoms with Gasteiger partial charge in [0.05, 0.1) is 5.75 Å². The highest BCUT2D eigenvalue weighted by Crippen LogP contribution is 2.26. The number of carbonyl (C=O) groups excluding carboxylic acids is 1. The fraction of sp³-hybridized carbons (Fsp3) is 0.471. The molecule has 0 saturated carbocycles. The van der Waals surface area contributed by atoms with Gasteiger partial charge in [0.15, 0.2) is 4.34 Å². The van der Waals surface area contributed by atoms with Crippen LogP contribution < -0.4 is 5.32 Å². The minimum absolute atomic E-state index is 0.218. The molecule has 24 heavy (non-hydrogen) atoms. The Morgan fingerprint density at radius 2 is 1.88 bits per heavy atom. The van der Waals surface area contributed by atoms with Gasteiger partial charge in [0.1, 0.15) is 0 Å². The van der Waals surface area contributed by atoms with E-state index in [2.05, 4.69) is 27.6 Å². The number of carbonyl (C=O) groups is 1.